The van der Waals surface area contributed by atoms with Crippen molar-refractivity contribution < 1.29 is 23.5 Å². The van der Waals surface area contributed by atoms with E-state index in [-0.39, 0.29) is 0 Å². The Morgan fingerprint density at radius 3 is 2.51 bits per heavy atom. The van der Waals surface area contributed by atoms with Crippen LogP contribution in [0.1, 0.15) is 55.9 Å². The zero-order valence-electron chi connectivity index (χ0n) is 20.8. The molecule has 3 aromatic rings. The first-order chi connectivity index (χ1) is 16.5. The highest BCUT2D eigenvalue weighted by Crippen LogP contribution is 2.33. The third kappa shape index (κ3) is 5.39. The SMILES string of the molecule is Cc1cc(OC(=O)[C@@H]2CCCN2C(=O)OC(C)(C)C)c2c(C)c(Cc3ccccc3)c(=O)oc2c1. The first kappa shape index (κ1) is 24.5. The molecule has 7 heteroatoms. The molecule has 35 heavy (non-hydrogen) atoms. The smallest absolute Gasteiger partial charge is 0.411 e. The van der Waals surface area contributed by atoms with Crippen LogP contribution in [0.25, 0.3) is 11.0 Å². The second kappa shape index (κ2) is 9.56. The number of hydrogen-bond acceptors (Lipinski definition) is 6. The second-order valence-electron chi connectivity index (χ2n) is 10.0. The van der Waals surface area contributed by atoms with E-state index in [1.165, 1.54) is 4.90 Å². The van der Waals surface area contributed by atoms with Crippen LogP contribution in [0.4, 0.5) is 4.79 Å². The number of fused-ring (bicyclic) bond motifs is 1. The molecule has 4 rings (SSSR count). The lowest BCUT2D eigenvalue weighted by Crippen LogP contribution is -2.44. The molecule has 1 aromatic heterocycles. The molecule has 2 aromatic carbocycles. The Balaban J connectivity index is 1.68. The molecule has 0 N–H and O–H groups in total. The fourth-order valence-electron chi connectivity index (χ4n) is 4.45. The molecule has 1 atom stereocenters. The number of benzene rings is 2. The van der Waals surface area contributed by atoms with E-state index in [9.17, 15) is 14.4 Å². The van der Waals surface area contributed by atoms with Gasteiger partial charge in [-0.2, -0.15) is 0 Å². The minimum atomic E-state index is -0.736. The Morgan fingerprint density at radius 1 is 1.11 bits per heavy atom. The molecule has 0 aliphatic carbocycles. The maximum absolute atomic E-state index is 13.2. The van der Waals surface area contributed by atoms with E-state index in [2.05, 4.69) is 0 Å². The van der Waals surface area contributed by atoms with E-state index >= 15 is 0 Å². The summed E-state index contributed by atoms with van der Waals surface area (Å²) in [6.07, 6.45) is 1.05. The van der Waals surface area contributed by atoms with E-state index in [0.717, 1.165) is 11.1 Å². The number of aryl methyl sites for hydroxylation is 2. The van der Waals surface area contributed by atoms with Crippen molar-refractivity contribution in [2.75, 3.05) is 6.54 Å². The van der Waals surface area contributed by atoms with Crippen LogP contribution >= 0.6 is 0 Å². The molecule has 1 aliphatic rings. The van der Waals surface area contributed by atoms with Gasteiger partial charge in [-0.3, -0.25) is 4.90 Å². The summed E-state index contributed by atoms with van der Waals surface area (Å²) in [6, 6.07) is 12.4. The molecule has 1 amide bonds. The first-order valence-electron chi connectivity index (χ1n) is 11.9. The maximum atomic E-state index is 13.2. The number of carbonyl (C=O) groups excluding carboxylic acids is 2. The van der Waals surface area contributed by atoms with E-state index in [1.807, 2.05) is 44.2 Å². The van der Waals surface area contributed by atoms with Crippen molar-refractivity contribution in [3.63, 3.8) is 0 Å². The number of ether oxygens (including phenoxy) is 2. The molecule has 0 saturated carbocycles. The van der Waals surface area contributed by atoms with E-state index in [0.29, 0.717) is 53.7 Å². The Morgan fingerprint density at radius 2 is 1.83 bits per heavy atom. The predicted octanol–water partition coefficient (Wildman–Crippen LogP) is 5.31. The van der Waals surface area contributed by atoms with Crippen LogP contribution in [-0.4, -0.2) is 35.2 Å². The van der Waals surface area contributed by atoms with Crippen LogP contribution < -0.4 is 10.4 Å². The quantitative estimate of drug-likeness (QED) is 0.288. The molecule has 0 unspecified atom stereocenters. The van der Waals surface area contributed by atoms with Gasteiger partial charge in [0.05, 0.1) is 5.39 Å². The summed E-state index contributed by atoms with van der Waals surface area (Å²) in [4.78, 5) is 40.1. The number of hydrogen-bond donors (Lipinski definition) is 0. The lowest BCUT2D eigenvalue weighted by molar-refractivity contribution is -0.139. The van der Waals surface area contributed by atoms with Crippen LogP contribution in [0.15, 0.2) is 51.7 Å². The fraction of sp³-hybridized carbons (Fsp3) is 0.393. The summed E-state index contributed by atoms with van der Waals surface area (Å²) in [6.45, 7) is 9.47. The zero-order valence-corrected chi connectivity index (χ0v) is 20.8. The van der Waals surface area contributed by atoms with Gasteiger partial charge < -0.3 is 13.9 Å². The fourth-order valence-corrected chi connectivity index (χ4v) is 4.45. The summed E-state index contributed by atoms with van der Waals surface area (Å²) < 4.78 is 17.0. The summed E-state index contributed by atoms with van der Waals surface area (Å²) in [5, 5.41) is 0.580. The Labute approximate surface area is 204 Å². The van der Waals surface area contributed by atoms with Crippen molar-refractivity contribution in [2.45, 2.75) is 65.5 Å². The maximum Gasteiger partial charge on any atom is 0.411 e. The molecule has 0 spiro atoms. The highest BCUT2D eigenvalue weighted by Gasteiger charge is 2.38. The second-order valence-corrected chi connectivity index (χ2v) is 10.0. The summed E-state index contributed by atoms with van der Waals surface area (Å²) in [5.41, 5.74) is 2.28. The number of carbonyl (C=O) groups is 2. The van der Waals surface area contributed by atoms with E-state index in [4.69, 9.17) is 13.9 Å². The van der Waals surface area contributed by atoms with Crippen molar-refractivity contribution >= 4 is 23.0 Å². The number of likely N-dealkylation sites (tertiary alicyclic amines) is 1. The largest absolute Gasteiger partial charge is 0.444 e. The van der Waals surface area contributed by atoms with Gasteiger partial charge >= 0.3 is 17.7 Å². The molecule has 184 valence electrons. The monoisotopic (exact) mass is 477 g/mol. The van der Waals surface area contributed by atoms with Crippen molar-refractivity contribution in [3.05, 3.63) is 75.1 Å². The molecular formula is C28H31NO6. The zero-order chi connectivity index (χ0) is 25.3. The van der Waals surface area contributed by atoms with Gasteiger partial charge in [-0.25, -0.2) is 14.4 Å². The standard InChI is InChI=1S/C28H31NO6/c1-17-14-22-24(18(2)20(25(30)33-22)16-19-10-7-6-8-11-19)23(15-17)34-26(31)21-12-9-13-29(21)27(32)35-28(3,4)5/h6-8,10-11,14-15,21H,9,12-13,16H2,1-5H3/t21-/m0/s1. The van der Waals surface area contributed by atoms with Crippen molar-refractivity contribution in [2.24, 2.45) is 0 Å². The molecule has 0 bridgehead atoms. The topological polar surface area (TPSA) is 86.0 Å². The van der Waals surface area contributed by atoms with Gasteiger partial charge in [0, 0.05) is 18.5 Å². The highest BCUT2D eigenvalue weighted by atomic mass is 16.6. The Hall–Kier alpha value is -3.61. The minimum absolute atomic E-state index is 0.316. The summed E-state index contributed by atoms with van der Waals surface area (Å²) in [5.74, 6) is -0.216. The molecule has 1 fully saturated rings. The van der Waals surface area contributed by atoms with Crippen LogP contribution in [0, 0.1) is 13.8 Å². The molecule has 2 heterocycles. The lowest BCUT2D eigenvalue weighted by Gasteiger charge is -2.27. The van der Waals surface area contributed by atoms with Gasteiger partial charge in [-0.1, -0.05) is 30.3 Å². The number of rotatable bonds is 4. The molecule has 1 saturated heterocycles. The van der Waals surface area contributed by atoms with Gasteiger partial charge in [0.25, 0.3) is 0 Å². The van der Waals surface area contributed by atoms with Crippen molar-refractivity contribution in [1.82, 2.24) is 4.90 Å². The van der Waals surface area contributed by atoms with Crippen LogP contribution in [0.5, 0.6) is 5.75 Å². The minimum Gasteiger partial charge on any atom is -0.444 e. The van der Waals surface area contributed by atoms with Gasteiger partial charge in [0.1, 0.15) is 23.0 Å². The highest BCUT2D eigenvalue weighted by molar-refractivity contribution is 5.92. The van der Waals surface area contributed by atoms with Crippen LogP contribution in [0.2, 0.25) is 0 Å². The Bertz CT molecular complexity index is 1320. The normalized spacial score (nSPS) is 15.9. The van der Waals surface area contributed by atoms with Gasteiger partial charge in [-0.15, -0.1) is 0 Å². The Kier molecular flexibility index (Phi) is 6.70. The van der Waals surface area contributed by atoms with Gasteiger partial charge in [-0.05, 0) is 76.3 Å². The summed E-state index contributed by atoms with van der Waals surface area (Å²) in [7, 11) is 0. The first-order valence-corrected chi connectivity index (χ1v) is 11.9. The number of amides is 1. The molecule has 0 radical (unpaired) electrons. The van der Waals surface area contributed by atoms with E-state index < -0.39 is 29.3 Å². The van der Waals surface area contributed by atoms with Crippen molar-refractivity contribution in [3.8, 4) is 5.75 Å². The summed E-state index contributed by atoms with van der Waals surface area (Å²) >= 11 is 0. The third-order valence-corrected chi connectivity index (χ3v) is 6.07. The molecule has 7 nitrogen and oxygen atoms in total. The van der Waals surface area contributed by atoms with Crippen LogP contribution in [-0.2, 0) is 16.0 Å². The van der Waals surface area contributed by atoms with Gasteiger partial charge in [0.15, 0.2) is 0 Å². The third-order valence-electron chi connectivity index (χ3n) is 6.07. The number of nitrogens with zero attached hydrogens (tertiary/aromatic N) is 1. The average Bonchev–Trinajstić information content (AvgIpc) is 3.26. The van der Waals surface area contributed by atoms with Gasteiger partial charge in [0.2, 0.25) is 0 Å². The molecular weight excluding hydrogens is 446 g/mol. The van der Waals surface area contributed by atoms with Crippen molar-refractivity contribution in [1.29, 1.82) is 0 Å². The number of esters is 1. The lowest BCUT2D eigenvalue weighted by atomic mass is 9.98. The average molecular weight is 478 g/mol. The van der Waals surface area contributed by atoms with Crippen LogP contribution in [0.3, 0.4) is 0 Å². The molecule has 1 aliphatic heterocycles. The van der Waals surface area contributed by atoms with E-state index in [1.54, 1.807) is 32.9 Å². The predicted molar refractivity (Wildman–Crippen MR) is 133 cm³/mol.